The summed E-state index contributed by atoms with van der Waals surface area (Å²) in [6.45, 7) is 0. The second kappa shape index (κ2) is 8.19. The number of carboxylic acid groups (broad SMARTS) is 1. The van der Waals surface area contributed by atoms with Crippen molar-refractivity contribution in [3.63, 3.8) is 0 Å². The largest absolute Gasteiger partial charge is 0.465 e. The van der Waals surface area contributed by atoms with Gasteiger partial charge in [0.25, 0.3) is 0 Å². The smallest absolute Gasteiger partial charge is 0.402 e. The van der Waals surface area contributed by atoms with Crippen molar-refractivity contribution in [2.75, 3.05) is 0 Å². The van der Waals surface area contributed by atoms with Crippen molar-refractivity contribution in [1.29, 1.82) is 0 Å². The second-order valence-corrected chi connectivity index (χ2v) is 4.31. The predicted molar refractivity (Wildman–Crippen MR) is 72.1 cm³/mol. The van der Waals surface area contributed by atoms with Crippen molar-refractivity contribution >= 4 is 6.09 Å². The Balaban J connectivity index is 0.000000357. The van der Waals surface area contributed by atoms with Crippen LogP contribution in [0.4, 0.5) is 4.79 Å². The Morgan fingerprint density at radius 2 is 1.72 bits per heavy atom. The van der Waals surface area contributed by atoms with Gasteiger partial charge < -0.3 is 10.8 Å². The summed E-state index contributed by atoms with van der Waals surface area (Å²) >= 11 is 0. The van der Waals surface area contributed by atoms with Gasteiger partial charge in [-0.3, -0.25) is 0 Å². The molecule has 0 aliphatic heterocycles. The van der Waals surface area contributed by atoms with Crippen LogP contribution < -0.4 is 5.73 Å². The molecule has 0 atom stereocenters. The van der Waals surface area contributed by atoms with E-state index in [0.29, 0.717) is 5.92 Å². The Kier molecular flexibility index (Phi) is 6.42. The molecule has 1 amide bonds. The van der Waals surface area contributed by atoms with Crippen LogP contribution in [0, 0.1) is 17.8 Å². The van der Waals surface area contributed by atoms with Crippen LogP contribution in [0.25, 0.3) is 0 Å². The first-order valence-corrected chi connectivity index (χ1v) is 6.23. The zero-order valence-electron chi connectivity index (χ0n) is 10.4. The molecule has 0 heterocycles. The maximum atomic E-state index is 8.78. The van der Waals surface area contributed by atoms with E-state index in [1.165, 1.54) is 32.1 Å². The average molecular weight is 245 g/mol. The third kappa shape index (κ3) is 6.59. The number of hydrogen-bond donors (Lipinski definition) is 2. The fourth-order valence-electron chi connectivity index (χ4n) is 1.95. The molecule has 3 nitrogen and oxygen atoms in total. The first-order chi connectivity index (χ1) is 8.68. The summed E-state index contributed by atoms with van der Waals surface area (Å²) in [4.78, 5) is 8.78. The van der Waals surface area contributed by atoms with E-state index in [1.54, 1.807) is 0 Å². The predicted octanol–water partition coefficient (Wildman–Crippen LogP) is 3.24. The standard InChI is InChI=1S/C14H16.CH3NO2/c1-3-7-13(8-4-1)11-12-14-9-5-2-6-10-14;2-1(3)4/h1,3-4,7-8,14H,2,5-6,9-10H2;2H2,(H,3,4). The van der Waals surface area contributed by atoms with Crippen molar-refractivity contribution < 1.29 is 9.90 Å². The van der Waals surface area contributed by atoms with Crippen molar-refractivity contribution in [3.8, 4) is 11.8 Å². The van der Waals surface area contributed by atoms with Crippen molar-refractivity contribution in [1.82, 2.24) is 0 Å². The van der Waals surface area contributed by atoms with Crippen LogP contribution in [0.2, 0.25) is 0 Å². The van der Waals surface area contributed by atoms with E-state index in [-0.39, 0.29) is 0 Å². The molecule has 0 spiro atoms. The van der Waals surface area contributed by atoms with Gasteiger partial charge in [0, 0.05) is 11.5 Å². The minimum atomic E-state index is -1.33. The molecule has 1 aliphatic carbocycles. The number of hydrogen-bond acceptors (Lipinski definition) is 1. The van der Waals surface area contributed by atoms with Crippen LogP contribution >= 0.6 is 0 Å². The van der Waals surface area contributed by atoms with E-state index < -0.39 is 6.09 Å². The number of amides is 1. The maximum absolute atomic E-state index is 8.78. The molecule has 1 aromatic rings. The van der Waals surface area contributed by atoms with Crippen LogP contribution in [-0.2, 0) is 0 Å². The zero-order valence-corrected chi connectivity index (χ0v) is 10.4. The molecule has 3 heteroatoms. The Morgan fingerprint density at radius 3 is 2.28 bits per heavy atom. The summed E-state index contributed by atoms with van der Waals surface area (Å²) in [5.74, 6) is 7.31. The van der Waals surface area contributed by atoms with Gasteiger partial charge in [-0.1, -0.05) is 49.3 Å². The summed E-state index contributed by atoms with van der Waals surface area (Å²) in [7, 11) is 0. The molecule has 3 N–H and O–H groups in total. The van der Waals surface area contributed by atoms with Crippen LogP contribution in [0.1, 0.15) is 37.7 Å². The Labute approximate surface area is 108 Å². The normalized spacial score (nSPS) is 14.7. The quantitative estimate of drug-likeness (QED) is 0.689. The highest BCUT2D eigenvalue weighted by atomic mass is 16.4. The van der Waals surface area contributed by atoms with E-state index in [1.807, 2.05) is 18.2 Å². The highest BCUT2D eigenvalue weighted by Crippen LogP contribution is 2.22. The van der Waals surface area contributed by atoms with Crippen molar-refractivity contribution in [3.05, 3.63) is 35.9 Å². The minimum Gasteiger partial charge on any atom is -0.465 e. The summed E-state index contributed by atoms with van der Waals surface area (Å²) in [5.41, 5.74) is 5.18. The number of rotatable bonds is 0. The van der Waals surface area contributed by atoms with Gasteiger partial charge in [0.15, 0.2) is 0 Å². The fourth-order valence-corrected chi connectivity index (χ4v) is 1.95. The van der Waals surface area contributed by atoms with Gasteiger partial charge >= 0.3 is 6.09 Å². The molecule has 0 aromatic heterocycles. The topological polar surface area (TPSA) is 63.3 Å². The lowest BCUT2D eigenvalue weighted by Crippen LogP contribution is -2.03. The Morgan fingerprint density at radius 1 is 1.17 bits per heavy atom. The third-order valence-corrected chi connectivity index (χ3v) is 2.80. The summed E-state index contributed by atoms with van der Waals surface area (Å²) in [6, 6.07) is 10.3. The Hall–Kier alpha value is -1.95. The van der Waals surface area contributed by atoms with E-state index in [9.17, 15) is 0 Å². The monoisotopic (exact) mass is 245 g/mol. The van der Waals surface area contributed by atoms with Crippen LogP contribution in [0.3, 0.4) is 0 Å². The fraction of sp³-hybridized carbons (Fsp3) is 0.400. The van der Waals surface area contributed by atoms with E-state index in [2.05, 4.69) is 29.7 Å². The van der Waals surface area contributed by atoms with Crippen molar-refractivity contribution in [2.45, 2.75) is 32.1 Å². The van der Waals surface area contributed by atoms with Gasteiger partial charge in [-0.2, -0.15) is 0 Å². The molecular formula is C15H19NO2. The number of carbonyl (C=O) groups is 1. The third-order valence-electron chi connectivity index (χ3n) is 2.80. The minimum absolute atomic E-state index is 0.656. The van der Waals surface area contributed by atoms with E-state index in [0.717, 1.165) is 5.56 Å². The number of primary amides is 1. The maximum Gasteiger partial charge on any atom is 0.402 e. The summed E-state index contributed by atoms with van der Waals surface area (Å²) < 4.78 is 0. The lowest BCUT2D eigenvalue weighted by Gasteiger charge is -2.15. The summed E-state index contributed by atoms with van der Waals surface area (Å²) in [6.07, 6.45) is 5.42. The average Bonchev–Trinajstić information content (AvgIpc) is 2.38. The van der Waals surface area contributed by atoms with Crippen molar-refractivity contribution in [2.24, 2.45) is 11.7 Å². The molecule has 0 unspecified atom stereocenters. The van der Waals surface area contributed by atoms with Crippen LogP contribution in [0.5, 0.6) is 0 Å². The van der Waals surface area contributed by atoms with Gasteiger partial charge in [0.1, 0.15) is 0 Å². The molecule has 0 radical (unpaired) electrons. The van der Waals surface area contributed by atoms with Gasteiger partial charge in [-0.15, -0.1) is 0 Å². The van der Waals surface area contributed by atoms with Gasteiger partial charge in [0.2, 0.25) is 0 Å². The molecule has 1 fully saturated rings. The molecule has 0 bridgehead atoms. The number of nitrogens with two attached hydrogens (primary N) is 1. The van der Waals surface area contributed by atoms with E-state index in [4.69, 9.17) is 9.90 Å². The highest BCUT2D eigenvalue weighted by molar-refractivity contribution is 5.61. The number of benzene rings is 1. The first kappa shape index (κ1) is 14.1. The molecule has 1 aromatic carbocycles. The van der Waals surface area contributed by atoms with Gasteiger partial charge in [0.05, 0.1) is 0 Å². The molecule has 18 heavy (non-hydrogen) atoms. The van der Waals surface area contributed by atoms with E-state index >= 15 is 0 Å². The van der Waals surface area contributed by atoms with Gasteiger partial charge in [-0.25, -0.2) is 4.79 Å². The highest BCUT2D eigenvalue weighted by Gasteiger charge is 2.09. The molecule has 96 valence electrons. The first-order valence-electron chi connectivity index (χ1n) is 6.23. The molecular weight excluding hydrogens is 226 g/mol. The lowest BCUT2D eigenvalue weighted by atomic mass is 9.90. The van der Waals surface area contributed by atoms with Gasteiger partial charge in [-0.05, 0) is 25.0 Å². The second-order valence-electron chi connectivity index (χ2n) is 4.31. The molecule has 1 aliphatic rings. The SMILES string of the molecule is C(#CC1CCCCC1)c1ccccc1.NC(=O)O. The zero-order chi connectivity index (χ0) is 13.2. The lowest BCUT2D eigenvalue weighted by molar-refractivity contribution is 0.205. The summed E-state index contributed by atoms with van der Waals surface area (Å²) in [5, 5.41) is 7.19. The molecule has 0 saturated heterocycles. The molecule has 1 saturated carbocycles. The molecule has 2 rings (SSSR count). The Bertz CT molecular complexity index is 407. The van der Waals surface area contributed by atoms with Crippen LogP contribution in [-0.4, -0.2) is 11.2 Å². The van der Waals surface area contributed by atoms with Crippen LogP contribution in [0.15, 0.2) is 30.3 Å².